The Morgan fingerprint density at radius 1 is 0.773 bits per heavy atom. The van der Waals surface area contributed by atoms with Crippen LogP contribution < -0.4 is 0 Å². The Balaban J connectivity index is 2.02. The number of hydrogen-bond acceptors (Lipinski definition) is 2. The molecule has 0 nitrogen and oxygen atoms in total. The van der Waals surface area contributed by atoms with Crippen molar-refractivity contribution in [2.24, 2.45) is 0 Å². The average molecular weight is 320 g/mol. The van der Waals surface area contributed by atoms with E-state index in [-0.39, 0.29) is 0 Å². The largest absolute Gasteiger partial charge is 0.130 e. The quantitative estimate of drug-likeness (QED) is 0.336. The Morgan fingerprint density at radius 2 is 1.41 bits per heavy atom. The van der Waals surface area contributed by atoms with Crippen molar-refractivity contribution >= 4 is 28.8 Å². The maximum absolute atomic E-state index is 5.75. The number of benzene rings is 3. The average Bonchev–Trinajstić information content (AvgIpc) is 2.62. The van der Waals surface area contributed by atoms with Crippen LogP contribution in [0, 0.1) is 0 Å². The summed E-state index contributed by atoms with van der Waals surface area (Å²) in [5.41, 5.74) is 4.58. The lowest BCUT2D eigenvalue weighted by molar-refractivity contribution is 1.45. The fourth-order valence-electron chi connectivity index (χ4n) is 2.45. The third kappa shape index (κ3) is 3.13. The van der Waals surface area contributed by atoms with Crippen molar-refractivity contribution in [3.63, 3.8) is 0 Å². The topological polar surface area (TPSA) is 0 Å². The van der Waals surface area contributed by atoms with Gasteiger partial charge in [-0.2, -0.15) is 0 Å². The summed E-state index contributed by atoms with van der Waals surface area (Å²) < 4.78 is 0. The predicted molar refractivity (Wildman–Crippen MR) is 101 cm³/mol. The van der Waals surface area contributed by atoms with Crippen LogP contribution in [0.2, 0.25) is 0 Å². The Hall–Kier alpha value is -1.90. The third-order valence-electron chi connectivity index (χ3n) is 3.61. The molecule has 0 unspecified atom stereocenters. The molecule has 0 bridgehead atoms. The second-order valence-corrected chi connectivity index (χ2v) is 6.26. The van der Waals surface area contributed by atoms with Crippen LogP contribution in [0.3, 0.4) is 0 Å². The van der Waals surface area contributed by atoms with Crippen LogP contribution in [0.5, 0.6) is 0 Å². The van der Waals surface area contributed by atoms with Gasteiger partial charge in [-0.25, -0.2) is 0 Å². The zero-order chi connectivity index (χ0) is 15.4. The Labute approximate surface area is 141 Å². The molecule has 0 amide bonds. The molecule has 0 atom stereocenters. The smallest absolute Gasteiger partial charge is 0.0528 e. The van der Waals surface area contributed by atoms with Gasteiger partial charge in [0.2, 0.25) is 0 Å². The van der Waals surface area contributed by atoms with E-state index < -0.39 is 0 Å². The molecule has 0 radical (unpaired) electrons. The van der Waals surface area contributed by atoms with Gasteiger partial charge in [-0.05, 0) is 35.1 Å². The van der Waals surface area contributed by atoms with Gasteiger partial charge in [0, 0.05) is 10.5 Å². The molecular weight excluding hydrogens is 304 g/mol. The fraction of sp³-hybridized carbons (Fsp3) is 0.0500. The first-order valence-corrected chi connectivity index (χ1v) is 8.76. The summed E-state index contributed by atoms with van der Waals surface area (Å²) in [4.78, 5) is 2.15. The Kier molecular flexibility index (Phi) is 4.71. The molecule has 3 aromatic carbocycles. The predicted octanol–water partition coefficient (Wildman–Crippen LogP) is 5.84. The van der Waals surface area contributed by atoms with E-state index in [0.29, 0.717) is 0 Å². The van der Waals surface area contributed by atoms with Gasteiger partial charge in [0.1, 0.15) is 0 Å². The monoisotopic (exact) mass is 320 g/mol. The van der Waals surface area contributed by atoms with E-state index in [4.69, 9.17) is 12.2 Å². The minimum absolute atomic E-state index is 0.895. The van der Waals surface area contributed by atoms with E-state index in [0.717, 1.165) is 16.0 Å². The number of rotatable bonds is 4. The van der Waals surface area contributed by atoms with Crippen LogP contribution >= 0.6 is 24.0 Å². The van der Waals surface area contributed by atoms with Crippen LogP contribution in [0.25, 0.3) is 11.1 Å². The minimum atomic E-state index is 0.895. The first-order chi connectivity index (χ1) is 10.8. The van der Waals surface area contributed by atoms with Gasteiger partial charge in [-0.15, -0.1) is 11.8 Å². The lowest BCUT2D eigenvalue weighted by Crippen LogP contribution is -2.02. The van der Waals surface area contributed by atoms with E-state index in [1.807, 2.05) is 12.1 Å². The summed E-state index contributed by atoms with van der Waals surface area (Å²) >= 11 is 7.49. The van der Waals surface area contributed by atoms with Crippen LogP contribution in [0.1, 0.15) is 11.1 Å². The first-order valence-electron chi connectivity index (χ1n) is 7.13. The highest BCUT2D eigenvalue weighted by Crippen LogP contribution is 2.26. The zero-order valence-corrected chi connectivity index (χ0v) is 14.0. The van der Waals surface area contributed by atoms with E-state index in [1.54, 1.807) is 11.8 Å². The molecule has 3 aromatic rings. The molecule has 0 saturated heterocycles. The molecule has 0 aliphatic rings. The SMILES string of the molecule is CSc1ccc(C(=S)c2ccccc2-c2ccccc2)cc1. The Morgan fingerprint density at radius 3 is 2.09 bits per heavy atom. The zero-order valence-electron chi connectivity index (χ0n) is 12.3. The summed E-state index contributed by atoms with van der Waals surface area (Å²) in [6, 6.07) is 27.2. The number of hydrogen-bond donors (Lipinski definition) is 0. The number of thiocarbonyl (C=S) groups is 1. The molecule has 0 fully saturated rings. The molecule has 0 heterocycles. The molecule has 0 N–H and O–H groups in total. The van der Waals surface area contributed by atoms with Gasteiger partial charge in [0.25, 0.3) is 0 Å². The summed E-state index contributed by atoms with van der Waals surface area (Å²) in [6.45, 7) is 0. The maximum atomic E-state index is 5.75. The van der Waals surface area contributed by atoms with Gasteiger partial charge in [0.15, 0.2) is 0 Å². The van der Waals surface area contributed by atoms with Crippen molar-refractivity contribution < 1.29 is 0 Å². The Bertz CT molecular complexity index is 774. The molecule has 3 rings (SSSR count). The summed E-state index contributed by atoms with van der Waals surface area (Å²) in [5, 5.41) is 0. The van der Waals surface area contributed by atoms with Crippen LogP contribution in [-0.4, -0.2) is 11.1 Å². The van der Waals surface area contributed by atoms with Gasteiger partial charge in [-0.1, -0.05) is 78.9 Å². The lowest BCUT2D eigenvalue weighted by atomic mass is 9.95. The second-order valence-electron chi connectivity index (χ2n) is 4.97. The van der Waals surface area contributed by atoms with Crippen molar-refractivity contribution in [3.8, 4) is 11.1 Å². The highest BCUT2D eigenvalue weighted by Gasteiger charge is 2.10. The molecule has 22 heavy (non-hydrogen) atoms. The van der Waals surface area contributed by atoms with E-state index in [1.165, 1.54) is 16.0 Å². The van der Waals surface area contributed by atoms with E-state index >= 15 is 0 Å². The van der Waals surface area contributed by atoms with Crippen LogP contribution in [0.15, 0.2) is 83.8 Å². The van der Waals surface area contributed by atoms with Crippen molar-refractivity contribution in [3.05, 3.63) is 90.0 Å². The first kappa shape index (κ1) is 15.0. The molecule has 0 spiro atoms. The molecule has 108 valence electrons. The molecular formula is C20H16S2. The second kappa shape index (κ2) is 6.91. The van der Waals surface area contributed by atoms with Crippen molar-refractivity contribution in [2.45, 2.75) is 4.90 Å². The van der Waals surface area contributed by atoms with Gasteiger partial charge < -0.3 is 0 Å². The number of thioether (sulfide) groups is 1. The highest BCUT2D eigenvalue weighted by atomic mass is 32.2. The third-order valence-corrected chi connectivity index (χ3v) is 4.81. The normalized spacial score (nSPS) is 10.4. The van der Waals surface area contributed by atoms with Crippen molar-refractivity contribution in [2.75, 3.05) is 6.26 Å². The van der Waals surface area contributed by atoms with Crippen molar-refractivity contribution in [1.29, 1.82) is 0 Å². The van der Waals surface area contributed by atoms with E-state index in [2.05, 4.69) is 73.0 Å². The van der Waals surface area contributed by atoms with Crippen LogP contribution in [-0.2, 0) is 0 Å². The molecule has 0 aliphatic heterocycles. The molecule has 0 aromatic heterocycles. The molecule has 0 saturated carbocycles. The fourth-order valence-corrected chi connectivity index (χ4v) is 3.17. The summed E-state index contributed by atoms with van der Waals surface area (Å²) in [6.07, 6.45) is 2.08. The summed E-state index contributed by atoms with van der Waals surface area (Å²) in [5.74, 6) is 0. The maximum Gasteiger partial charge on any atom is 0.0528 e. The lowest BCUT2D eigenvalue weighted by Gasteiger charge is -2.11. The van der Waals surface area contributed by atoms with E-state index in [9.17, 15) is 0 Å². The van der Waals surface area contributed by atoms with Gasteiger partial charge in [-0.3, -0.25) is 0 Å². The van der Waals surface area contributed by atoms with Crippen molar-refractivity contribution in [1.82, 2.24) is 0 Å². The standard InChI is InChI=1S/C20H16S2/c1-22-17-13-11-16(12-14-17)20(21)19-10-6-5-9-18(19)15-7-3-2-4-8-15/h2-14H,1H3. The highest BCUT2D eigenvalue weighted by molar-refractivity contribution is 7.98. The minimum Gasteiger partial charge on any atom is -0.130 e. The van der Waals surface area contributed by atoms with Gasteiger partial charge in [0.05, 0.1) is 4.86 Å². The molecule has 0 aliphatic carbocycles. The van der Waals surface area contributed by atoms with Gasteiger partial charge >= 0.3 is 0 Å². The van der Waals surface area contributed by atoms with Crippen LogP contribution in [0.4, 0.5) is 0 Å². The molecule has 2 heteroatoms. The summed E-state index contributed by atoms with van der Waals surface area (Å²) in [7, 11) is 0.